The highest BCUT2D eigenvalue weighted by atomic mass is 16.3. The predicted molar refractivity (Wildman–Crippen MR) is 39.5 cm³/mol. The zero-order valence-electron chi connectivity index (χ0n) is 6.31. The largest absolute Gasteiger partial charge is 0.396 e. The Labute approximate surface area is 58.1 Å². The second kappa shape index (κ2) is 3.23. The second-order valence-electron chi connectivity index (χ2n) is 3.18. The van der Waals surface area contributed by atoms with E-state index in [1.165, 1.54) is 0 Å². The second-order valence-corrected chi connectivity index (χ2v) is 3.18. The van der Waals surface area contributed by atoms with Gasteiger partial charge in [0.1, 0.15) is 0 Å². The molecule has 2 N–H and O–H groups in total. The summed E-state index contributed by atoms with van der Waals surface area (Å²) in [6.07, 6.45) is 0. The molecule has 0 heterocycles. The van der Waals surface area contributed by atoms with Crippen molar-refractivity contribution in [3.8, 4) is 0 Å². The van der Waals surface area contributed by atoms with Crippen LogP contribution in [0.25, 0.3) is 0 Å². The summed E-state index contributed by atoms with van der Waals surface area (Å²) in [7, 11) is 5.40. The van der Waals surface area contributed by atoms with Crippen LogP contribution in [0, 0.1) is 0 Å². The first-order chi connectivity index (χ1) is 3.95. The highest BCUT2D eigenvalue weighted by Gasteiger charge is 2.11. The van der Waals surface area contributed by atoms with Gasteiger partial charge in [-0.1, -0.05) is 0 Å². The van der Waals surface area contributed by atoms with Gasteiger partial charge in [0.15, 0.2) is 0 Å². The molecule has 1 atom stereocenters. The fourth-order valence-corrected chi connectivity index (χ4v) is 0.602. The lowest BCUT2D eigenvalue weighted by atomic mass is 9.94. The van der Waals surface area contributed by atoms with E-state index in [4.69, 9.17) is 13.0 Å². The van der Waals surface area contributed by atoms with E-state index in [2.05, 4.69) is 5.32 Å². The van der Waals surface area contributed by atoms with Gasteiger partial charge in [0.05, 0.1) is 14.5 Å². The van der Waals surface area contributed by atoms with Gasteiger partial charge in [0.25, 0.3) is 0 Å². The van der Waals surface area contributed by atoms with Gasteiger partial charge >= 0.3 is 0 Å². The lowest BCUT2D eigenvalue weighted by Gasteiger charge is -2.24. The maximum Gasteiger partial charge on any atom is 0.0938 e. The first-order valence-electron chi connectivity index (χ1n) is 3.10. The topological polar surface area (TPSA) is 32.3 Å². The molecule has 0 saturated heterocycles. The van der Waals surface area contributed by atoms with Gasteiger partial charge in [0.2, 0.25) is 0 Å². The number of hydrogen-bond acceptors (Lipinski definition) is 2. The van der Waals surface area contributed by atoms with Crippen molar-refractivity contribution in [3.63, 3.8) is 0 Å². The van der Waals surface area contributed by atoms with E-state index >= 15 is 0 Å². The van der Waals surface area contributed by atoms with Crippen LogP contribution in [0.1, 0.15) is 20.8 Å². The summed E-state index contributed by atoms with van der Waals surface area (Å²) in [6.45, 7) is 5.99. The molecule has 0 aliphatic heterocycles. The van der Waals surface area contributed by atoms with Crippen LogP contribution in [0.4, 0.5) is 0 Å². The third-order valence-corrected chi connectivity index (χ3v) is 0.815. The zero-order chi connectivity index (χ0) is 7.49. The fraction of sp³-hybridized carbons (Fsp3) is 1.00. The van der Waals surface area contributed by atoms with Crippen molar-refractivity contribution in [3.05, 3.63) is 0 Å². The Morgan fingerprint density at radius 3 is 2.11 bits per heavy atom. The summed E-state index contributed by atoms with van der Waals surface area (Å²) in [5.74, 6) is -0.301. The molecule has 3 heteroatoms. The Balaban J connectivity index is 3.47. The molecular formula is C6H14BNO. The smallest absolute Gasteiger partial charge is 0.0938 e. The van der Waals surface area contributed by atoms with Crippen LogP contribution < -0.4 is 5.32 Å². The molecule has 0 aromatic rings. The first-order valence-corrected chi connectivity index (χ1v) is 3.10. The fourth-order valence-electron chi connectivity index (χ4n) is 0.602. The van der Waals surface area contributed by atoms with Crippen molar-refractivity contribution in [2.75, 3.05) is 6.61 Å². The molecule has 0 amide bonds. The summed E-state index contributed by atoms with van der Waals surface area (Å²) < 4.78 is 0. The molecule has 0 aromatic carbocycles. The van der Waals surface area contributed by atoms with Gasteiger partial charge in [-0.05, 0) is 26.7 Å². The average Bonchev–Trinajstić information content (AvgIpc) is 1.62. The van der Waals surface area contributed by atoms with Gasteiger partial charge < -0.3 is 10.4 Å². The van der Waals surface area contributed by atoms with E-state index in [0.29, 0.717) is 0 Å². The van der Waals surface area contributed by atoms with Crippen molar-refractivity contribution < 1.29 is 5.11 Å². The van der Waals surface area contributed by atoms with Crippen molar-refractivity contribution in [2.45, 2.75) is 32.3 Å². The summed E-state index contributed by atoms with van der Waals surface area (Å²) in [5.41, 5.74) is -0.0118. The molecule has 0 rings (SSSR count). The van der Waals surface area contributed by atoms with E-state index < -0.39 is 0 Å². The van der Waals surface area contributed by atoms with Crippen LogP contribution >= 0.6 is 0 Å². The Bertz CT molecular complexity index is 79.6. The minimum absolute atomic E-state index is 0.0118. The lowest BCUT2D eigenvalue weighted by molar-refractivity contribution is 0.254. The van der Waals surface area contributed by atoms with Crippen molar-refractivity contribution >= 4 is 7.85 Å². The van der Waals surface area contributed by atoms with Crippen molar-refractivity contribution in [1.82, 2.24) is 5.32 Å². The first kappa shape index (κ1) is 8.98. The maximum absolute atomic E-state index is 8.51. The van der Waals surface area contributed by atoms with E-state index in [1.54, 1.807) is 0 Å². The third-order valence-electron chi connectivity index (χ3n) is 0.815. The normalized spacial score (nSPS) is 15.6. The quantitative estimate of drug-likeness (QED) is 0.506. The number of rotatable bonds is 2. The van der Waals surface area contributed by atoms with Crippen LogP contribution in [0.15, 0.2) is 0 Å². The molecule has 0 aromatic heterocycles. The molecule has 2 nitrogen and oxygen atoms in total. The summed E-state index contributed by atoms with van der Waals surface area (Å²) in [5, 5.41) is 11.5. The monoisotopic (exact) mass is 127 g/mol. The number of aliphatic hydroxyl groups is 1. The summed E-state index contributed by atoms with van der Waals surface area (Å²) in [4.78, 5) is 0. The van der Waals surface area contributed by atoms with Crippen LogP contribution in [-0.2, 0) is 0 Å². The standard InChI is InChI=1S/C6H14BNO/c1-6(2,3)8-5(7)4-9/h5,8-9H,4H2,1-3H3. The van der Waals surface area contributed by atoms with E-state index in [1.807, 2.05) is 20.8 Å². The number of aliphatic hydroxyl groups excluding tert-OH is 1. The molecule has 0 saturated carbocycles. The van der Waals surface area contributed by atoms with E-state index in [0.717, 1.165) is 0 Å². The van der Waals surface area contributed by atoms with E-state index in [-0.39, 0.29) is 18.1 Å². The van der Waals surface area contributed by atoms with E-state index in [9.17, 15) is 0 Å². The van der Waals surface area contributed by atoms with Gasteiger partial charge in [-0.25, -0.2) is 0 Å². The predicted octanol–water partition coefficient (Wildman–Crippen LogP) is -0.139. The van der Waals surface area contributed by atoms with Gasteiger partial charge in [-0.3, -0.25) is 0 Å². The molecule has 0 aliphatic rings. The molecule has 0 spiro atoms. The molecule has 2 radical (unpaired) electrons. The lowest BCUT2D eigenvalue weighted by Crippen LogP contribution is -2.45. The molecule has 0 fully saturated rings. The Morgan fingerprint density at radius 1 is 1.56 bits per heavy atom. The van der Waals surface area contributed by atoms with Crippen LogP contribution in [-0.4, -0.2) is 31.0 Å². The molecule has 0 aliphatic carbocycles. The Hall–Kier alpha value is -0.0151. The minimum Gasteiger partial charge on any atom is -0.396 e. The van der Waals surface area contributed by atoms with Gasteiger partial charge in [0, 0.05) is 5.54 Å². The molecule has 1 unspecified atom stereocenters. The van der Waals surface area contributed by atoms with Crippen LogP contribution in [0.3, 0.4) is 0 Å². The highest BCUT2D eigenvalue weighted by molar-refractivity contribution is 6.11. The highest BCUT2D eigenvalue weighted by Crippen LogP contribution is 1.98. The van der Waals surface area contributed by atoms with Gasteiger partial charge in [-0.2, -0.15) is 0 Å². The van der Waals surface area contributed by atoms with Crippen molar-refractivity contribution in [2.24, 2.45) is 0 Å². The Morgan fingerprint density at radius 2 is 2.00 bits per heavy atom. The zero-order valence-corrected chi connectivity index (χ0v) is 6.31. The van der Waals surface area contributed by atoms with Gasteiger partial charge in [-0.15, -0.1) is 0 Å². The number of hydrogen-bond donors (Lipinski definition) is 2. The molecule has 0 bridgehead atoms. The third kappa shape index (κ3) is 5.86. The average molecular weight is 127 g/mol. The van der Waals surface area contributed by atoms with Crippen LogP contribution in [0.5, 0.6) is 0 Å². The summed E-state index contributed by atoms with van der Waals surface area (Å²) >= 11 is 0. The molecule has 52 valence electrons. The number of nitrogens with one attached hydrogen (secondary N) is 1. The van der Waals surface area contributed by atoms with Crippen LogP contribution in [0.2, 0.25) is 0 Å². The molecule has 9 heavy (non-hydrogen) atoms. The Kier molecular flexibility index (Phi) is 3.22. The summed E-state index contributed by atoms with van der Waals surface area (Å²) in [6, 6.07) is 0. The SMILES string of the molecule is [B]C(CO)NC(C)(C)C. The minimum atomic E-state index is -0.301. The van der Waals surface area contributed by atoms with Crippen molar-refractivity contribution in [1.29, 1.82) is 0 Å². The molecular weight excluding hydrogens is 113 g/mol. The maximum atomic E-state index is 8.51.